The van der Waals surface area contributed by atoms with Gasteiger partial charge in [0.1, 0.15) is 13.2 Å². The van der Waals surface area contributed by atoms with E-state index >= 15 is 0 Å². The van der Waals surface area contributed by atoms with Gasteiger partial charge in [-0.15, -0.1) is 0 Å². The third-order valence-electron chi connectivity index (χ3n) is 4.58. The molecule has 1 aliphatic heterocycles. The smallest absolute Gasteiger partial charge is 0.310 e. The first kappa shape index (κ1) is 20.9. The predicted octanol–water partition coefficient (Wildman–Crippen LogP) is 3.46. The molecule has 5 heteroatoms. The van der Waals surface area contributed by atoms with Gasteiger partial charge >= 0.3 is 11.9 Å². The van der Waals surface area contributed by atoms with Crippen molar-refractivity contribution in [2.24, 2.45) is 11.8 Å². The van der Waals surface area contributed by atoms with E-state index in [1.165, 1.54) is 19.3 Å². The van der Waals surface area contributed by atoms with Crippen LogP contribution in [0.2, 0.25) is 0 Å². The Labute approximate surface area is 146 Å². The van der Waals surface area contributed by atoms with E-state index in [0.717, 1.165) is 45.1 Å². The summed E-state index contributed by atoms with van der Waals surface area (Å²) in [5.41, 5.74) is 0. The van der Waals surface area contributed by atoms with Crippen LogP contribution in [0.3, 0.4) is 0 Å². The van der Waals surface area contributed by atoms with Gasteiger partial charge in [0, 0.05) is 6.54 Å². The van der Waals surface area contributed by atoms with Crippen LogP contribution in [0, 0.1) is 11.8 Å². The van der Waals surface area contributed by atoms with Crippen molar-refractivity contribution in [2.75, 3.05) is 26.3 Å². The fourth-order valence-corrected chi connectivity index (χ4v) is 3.12. The van der Waals surface area contributed by atoms with E-state index in [9.17, 15) is 9.59 Å². The monoisotopic (exact) mass is 341 g/mol. The summed E-state index contributed by atoms with van der Waals surface area (Å²) >= 11 is 0. The van der Waals surface area contributed by atoms with Gasteiger partial charge in [0.15, 0.2) is 0 Å². The quantitative estimate of drug-likeness (QED) is 0.435. The van der Waals surface area contributed by atoms with E-state index in [1.54, 1.807) is 0 Å². The molecule has 0 spiro atoms. The molecule has 0 aromatic carbocycles. The number of hydrogen-bond donors (Lipinski definition) is 1. The van der Waals surface area contributed by atoms with Crippen LogP contribution in [0.1, 0.15) is 71.6 Å². The van der Waals surface area contributed by atoms with E-state index in [4.69, 9.17) is 9.47 Å². The standard InChI is InChI=1S/C19H35NO4/c1-3-5-6-7-10-16(9-4-2)18(21)23-13-14-24-19(22)17-11-8-12-20-15-17/h16-17,20H,3-15H2,1-2H3/t16-,17?/m1/s1. The number of carbonyl (C=O) groups is 2. The van der Waals surface area contributed by atoms with E-state index in [1.807, 2.05) is 0 Å². The molecule has 0 aromatic heterocycles. The maximum Gasteiger partial charge on any atom is 0.310 e. The highest BCUT2D eigenvalue weighted by Crippen LogP contribution is 2.18. The zero-order valence-electron chi connectivity index (χ0n) is 15.5. The predicted molar refractivity (Wildman–Crippen MR) is 94.7 cm³/mol. The molecule has 0 aliphatic carbocycles. The molecule has 1 N–H and O–H groups in total. The fraction of sp³-hybridized carbons (Fsp3) is 0.895. The van der Waals surface area contributed by atoms with E-state index in [0.29, 0.717) is 6.54 Å². The molecule has 1 unspecified atom stereocenters. The lowest BCUT2D eigenvalue weighted by Crippen LogP contribution is -2.35. The number of carbonyl (C=O) groups excluding carboxylic acids is 2. The van der Waals surface area contributed by atoms with Crippen LogP contribution < -0.4 is 5.32 Å². The Balaban J connectivity index is 2.17. The van der Waals surface area contributed by atoms with Crippen LogP contribution in [0.4, 0.5) is 0 Å². The maximum atomic E-state index is 12.2. The molecular weight excluding hydrogens is 306 g/mol. The Morgan fingerprint density at radius 1 is 1.04 bits per heavy atom. The number of nitrogens with one attached hydrogen (secondary N) is 1. The first-order valence-corrected chi connectivity index (χ1v) is 9.73. The van der Waals surface area contributed by atoms with Crippen LogP contribution >= 0.6 is 0 Å². The van der Waals surface area contributed by atoms with Gasteiger partial charge in [-0.1, -0.05) is 46.0 Å². The molecule has 0 saturated carbocycles. The van der Waals surface area contributed by atoms with Crippen LogP contribution in [0.25, 0.3) is 0 Å². The van der Waals surface area contributed by atoms with Crippen LogP contribution in [-0.2, 0) is 19.1 Å². The Kier molecular flexibility index (Phi) is 11.5. The molecule has 0 bridgehead atoms. The summed E-state index contributed by atoms with van der Waals surface area (Å²) in [5, 5.41) is 3.20. The molecule has 0 aromatic rings. The number of esters is 2. The van der Waals surface area contributed by atoms with Gasteiger partial charge in [-0.3, -0.25) is 9.59 Å². The average molecular weight is 341 g/mol. The first-order chi connectivity index (χ1) is 11.7. The SMILES string of the molecule is CCCCCC[C@@H](CCC)C(=O)OCCOC(=O)C1CCCNC1. The Bertz CT molecular complexity index is 353. The average Bonchev–Trinajstić information content (AvgIpc) is 2.61. The van der Waals surface area contributed by atoms with E-state index < -0.39 is 0 Å². The zero-order valence-corrected chi connectivity index (χ0v) is 15.5. The third kappa shape index (κ3) is 8.67. The van der Waals surface area contributed by atoms with Gasteiger partial charge in [0.05, 0.1) is 11.8 Å². The normalized spacial score (nSPS) is 18.8. The summed E-state index contributed by atoms with van der Waals surface area (Å²) < 4.78 is 10.5. The molecule has 1 rings (SSSR count). The Hall–Kier alpha value is -1.10. The molecule has 1 fully saturated rings. The molecule has 24 heavy (non-hydrogen) atoms. The summed E-state index contributed by atoms with van der Waals surface area (Å²) in [6, 6.07) is 0. The molecular formula is C19H35NO4. The Morgan fingerprint density at radius 3 is 2.50 bits per heavy atom. The molecule has 1 saturated heterocycles. The fourth-order valence-electron chi connectivity index (χ4n) is 3.12. The lowest BCUT2D eigenvalue weighted by molar-refractivity contribution is -0.158. The van der Waals surface area contributed by atoms with Gasteiger partial charge in [-0.2, -0.15) is 0 Å². The highest BCUT2D eigenvalue weighted by molar-refractivity contribution is 5.73. The van der Waals surface area contributed by atoms with Gasteiger partial charge in [0.25, 0.3) is 0 Å². The van der Waals surface area contributed by atoms with Gasteiger partial charge in [-0.25, -0.2) is 0 Å². The van der Waals surface area contributed by atoms with Crippen molar-refractivity contribution in [1.29, 1.82) is 0 Å². The molecule has 5 nitrogen and oxygen atoms in total. The molecule has 0 radical (unpaired) electrons. The highest BCUT2D eigenvalue weighted by atomic mass is 16.6. The van der Waals surface area contributed by atoms with Gasteiger partial charge in [0.2, 0.25) is 0 Å². The summed E-state index contributed by atoms with van der Waals surface area (Å²) in [7, 11) is 0. The van der Waals surface area contributed by atoms with Crippen molar-refractivity contribution in [1.82, 2.24) is 5.32 Å². The van der Waals surface area contributed by atoms with Crippen molar-refractivity contribution in [3.8, 4) is 0 Å². The van der Waals surface area contributed by atoms with Crippen LogP contribution in [0.5, 0.6) is 0 Å². The minimum absolute atomic E-state index is 0.00916. The van der Waals surface area contributed by atoms with Crippen molar-refractivity contribution in [2.45, 2.75) is 71.6 Å². The topological polar surface area (TPSA) is 64.6 Å². The number of ether oxygens (including phenoxy) is 2. The van der Waals surface area contributed by atoms with Crippen molar-refractivity contribution in [3.63, 3.8) is 0 Å². The summed E-state index contributed by atoms with van der Waals surface area (Å²) in [5.74, 6) is -0.377. The molecule has 1 heterocycles. The second-order valence-electron chi connectivity index (χ2n) is 6.71. The van der Waals surface area contributed by atoms with Crippen LogP contribution in [0.15, 0.2) is 0 Å². The van der Waals surface area contributed by atoms with Gasteiger partial charge < -0.3 is 14.8 Å². The summed E-state index contributed by atoms with van der Waals surface area (Å²) in [6.45, 7) is 6.26. The minimum Gasteiger partial charge on any atom is -0.462 e. The maximum absolute atomic E-state index is 12.2. The first-order valence-electron chi connectivity index (χ1n) is 9.73. The second kappa shape index (κ2) is 13.2. The molecule has 2 atom stereocenters. The third-order valence-corrected chi connectivity index (χ3v) is 4.58. The second-order valence-corrected chi connectivity index (χ2v) is 6.71. The number of unbranched alkanes of at least 4 members (excludes halogenated alkanes) is 3. The van der Waals surface area contributed by atoms with Gasteiger partial charge in [-0.05, 0) is 32.2 Å². The molecule has 140 valence electrons. The van der Waals surface area contributed by atoms with E-state index in [2.05, 4.69) is 19.2 Å². The lowest BCUT2D eigenvalue weighted by Gasteiger charge is -2.21. The lowest BCUT2D eigenvalue weighted by atomic mass is 9.96. The Morgan fingerprint density at radius 2 is 1.83 bits per heavy atom. The number of piperidine rings is 1. The molecule has 1 aliphatic rings. The van der Waals surface area contributed by atoms with E-state index in [-0.39, 0.29) is 37.0 Å². The summed E-state index contributed by atoms with van der Waals surface area (Å²) in [4.78, 5) is 24.0. The minimum atomic E-state index is -0.178. The zero-order chi connectivity index (χ0) is 17.6. The van der Waals surface area contributed by atoms with Crippen molar-refractivity contribution in [3.05, 3.63) is 0 Å². The van der Waals surface area contributed by atoms with Crippen molar-refractivity contribution < 1.29 is 19.1 Å². The summed E-state index contributed by atoms with van der Waals surface area (Å²) in [6.07, 6.45) is 9.32. The van der Waals surface area contributed by atoms with Crippen molar-refractivity contribution >= 4 is 11.9 Å². The van der Waals surface area contributed by atoms with Crippen LogP contribution in [-0.4, -0.2) is 38.2 Å². The number of hydrogen-bond acceptors (Lipinski definition) is 5. The molecule has 0 amide bonds. The highest BCUT2D eigenvalue weighted by Gasteiger charge is 2.23. The number of rotatable bonds is 12. The largest absolute Gasteiger partial charge is 0.462 e.